The highest BCUT2D eigenvalue weighted by Gasteiger charge is 2.34. The Morgan fingerprint density at radius 3 is 2.72 bits per heavy atom. The monoisotopic (exact) mass is 261 g/mol. The molecular weight excluding hydrogens is 243 g/mol. The minimum absolute atomic E-state index is 0.111. The fourth-order valence-electron chi connectivity index (χ4n) is 1.70. The molecule has 0 spiro atoms. The van der Waals surface area contributed by atoms with Gasteiger partial charge in [0.2, 0.25) is 0 Å². The Labute approximate surface area is 105 Å². The van der Waals surface area contributed by atoms with Crippen LogP contribution >= 0.6 is 0 Å². The number of hydrogen-bond donors (Lipinski definition) is 2. The Hall–Kier alpha value is -1.30. The molecule has 0 amide bonds. The average Bonchev–Trinajstić information content (AvgIpc) is 2.33. The number of nitrogens with two attached hydrogens (primary N) is 1. The van der Waals surface area contributed by atoms with Gasteiger partial charge < -0.3 is 11.1 Å². The van der Waals surface area contributed by atoms with Crippen LogP contribution in [0.15, 0.2) is 18.3 Å². The number of anilines is 1. The van der Waals surface area contributed by atoms with E-state index in [1.165, 1.54) is 12.3 Å². The average molecular weight is 261 g/mol. The zero-order valence-electron chi connectivity index (χ0n) is 10.3. The van der Waals surface area contributed by atoms with Crippen LogP contribution in [0, 0.1) is 5.92 Å². The summed E-state index contributed by atoms with van der Waals surface area (Å²) in [6.45, 7) is 2.98. The predicted octanol–water partition coefficient (Wildman–Crippen LogP) is 2.89. The van der Waals surface area contributed by atoms with Crippen molar-refractivity contribution in [1.29, 1.82) is 0 Å². The summed E-state index contributed by atoms with van der Waals surface area (Å²) in [5.41, 5.74) is 4.72. The van der Waals surface area contributed by atoms with Crippen molar-refractivity contribution >= 4 is 5.82 Å². The molecule has 1 aromatic heterocycles. The molecule has 102 valence electrons. The van der Waals surface area contributed by atoms with E-state index in [4.69, 9.17) is 5.73 Å². The van der Waals surface area contributed by atoms with Crippen molar-refractivity contribution in [2.45, 2.75) is 25.9 Å². The first-order valence-electron chi connectivity index (χ1n) is 5.95. The summed E-state index contributed by atoms with van der Waals surface area (Å²) in [5.74, 6) is 0.151. The van der Waals surface area contributed by atoms with Gasteiger partial charge in [0, 0.05) is 12.7 Å². The van der Waals surface area contributed by atoms with Crippen LogP contribution in [0.25, 0.3) is 0 Å². The van der Waals surface area contributed by atoms with Crippen LogP contribution in [-0.4, -0.2) is 18.1 Å². The van der Waals surface area contributed by atoms with Gasteiger partial charge in [0.25, 0.3) is 0 Å². The van der Waals surface area contributed by atoms with E-state index in [1.807, 2.05) is 6.92 Å². The highest BCUT2D eigenvalue weighted by molar-refractivity contribution is 5.45. The number of alkyl halides is 3. The van der Waals surface area contributed by atoms with Gasteiger partial charge in [-0.2, -0.15) is 13.2 Å². The topological polar surface area (TPSA) is 50.9 Å². The van der Waals surface area contributed by atoms with Crippen LogP contribution in [0.5, 0.6) is 0 Å². The highest BCUT2D eigenvalue weighted by atomic mass is 19.4. The smallest absolute Gasteiger partial charge is 0.369 e. The summed E-state index contributed by atoms with van der Waals surface area (Å²) in [6, 6.07) is 2.31. The Kier molecular flexibility index (Phi) is 5.40. The lowest BCUT2D eigenvalue weighted by atomic mass is 10.0. The molecule has 3 N–H and O–H groups in total. The first kappa shape index (κ1) is 14.8. The third-order valence-electron chi connectivity index (χ3n) is 2.82. The molecule has 18 heavy (non-hydrogen) atoms. The quantitative estimate of drug-likeness (QED) is 0.827. The SMILES string of the molecule is CCC(CCN)CNc1ncccc1C(F)(F)F. The highest BCUT2D eigenvalue weighted by Crippen LogP contribution is 2.33. The molecule has 1 aromatic rings. The van der Waals surface area contributed by atoms with Crippen molar-refractivity contribution in [3.63, 3.8) is 0 Å². The van der Waals surface area contributed by atoms with E-state index >= 15 is 0 Å². The van der Waals surface area contributed by atoms with Gasteiger partial charge in [-0.05, 0) is 31.0 Å². The van der Waals surface area contributed by atoms with Crippen LogP contribution in [-0.2, 0) is 6.18 Å². The third-order valence-corrected chi connectivity index (χ3v) is 2.82. The van der Waals surface area contributed by atoms with Crippen molar-refractivity contribution in [3.8, 4) is 0 Å². The van der Waals surface area contributed by atoms with Crippen LogP contribution < -0.4 is 11.1 Å². The molecule has 3 nitrogen and oxygen atoms in total. The van der Waals surface area contributed by atoms with Gasteiger partial charge in [-0.15, -0.1) is 0 Å². The largest absolute Gasteiger partial charge is 0.419 e. The first-order chi connectivity index (χ1) is 8.49. The summed E-state index contributed by atoms with van der Waals surface area (Å²) in [4.78, 5) is 3.75. The Bertz CT molecular complexity index is 366. The van der Waals surface area contributed by atoms with Crippen molar-refractivity contribution in [1.82, 2.24) is 4.98 Å². The minimum atomic E-state index is -4.38. The van der Waals surface area contributed by atoms with E-state index in [0.29, 0.717) is 13.1 Å². The fourth-order valence-corrected chi connectivity index (χ4v) is 1.70. The molecular formula is C12H18F3N3. The maximum atomic E-state index is 12.7. The molecule has 1 atom stereocenters. The number of pyridine rings is 1. The normalized spacial score (nSPS) is 13.4. The summed E-state index contributed by atoms with van der Waals surface area (Å²) in [5, 5.41) is 2.77. The number of halogens is 3. The second kappa shape index (κ2) is 6.58. The molecule has 0 fully saturated rings. The van der Waals surface area contributed by atoms with E-state index in [9.17, 15) is 13.2 Å². The van der Waals surface area contributed by atoms with Gasteiger partial charge in [0.05, 0.1) is 5.56 Å². The molecule has 0 aliphatic rings. The van der Waals surface area contributed by atoms with Crippen molar-refractivity contribution in [2.24, 2.45) is 11.7 Å². The van der Waals surface area contributed by atoms with Crippen LogP contribution in [0.2, 0.25) is 0 Å². The molecule has 1 unspecified atom stereocenters. The Morgan fingerprint density at radius 2 is 2.17 bits per heavy atom. The number of nitrogens with zero attached hydrogens (tertiary/aromatic N) is 1. The maximum absolute atomic E-state index is 12.7. The van der Waals surface area contributed by atoms with E-state index in [2.05, 4.69) is 10.3 Å². The molecule has 6 heteroatoms. The van der Waals surface area contributed by atoms with E-state index in [0.717, 1.165) is 18.9 Å². The lowest BCUT2D eigenvalue weighted by molar-refractivity contribution is -0.137. The molecule has 0 radical (unpaired) electrons. The van der Waals surface area contributed by atoms with Gasteiger partial charge in [0.1, 0.15) is 5.82 Å². The van der Waals surface area contributed by atoms with Gasteiger partial charge in [-0.25, -0.2) is 4.98 Å². The predicted molar refractivity (Wildman–Crippen MR) is 65.2 cm³/mol. The van der Waals surface area contributed by atoms with E-state index < -0.39 is 11.7 Å². The lowest BCUT2D eigenvalue weighted by Gasteiger charge is -2.17. The number of hydrogen-bond acceptors (Lipinski definition) is 3. The van der Waals surface area contributed by atoms with Gasteiger partial charge in [-0.3, -0.25) is 0 Å². The Morgan fingerprint density at radius 1 is 1.44 bits per heavy atom. The summed E-state index contributed by atoms with van der Waals surface area (Å²) in [6.07, 6.45) is -1.37. The molecule has 0 saturated heterocycles. The zero-order valence-corrected chi connectivity index (χ0v) is 10.3. The van der Waals surface area contributed by atoms with E-state index in [-0.39, 0.29) is 11.7 Å². The van der Waals surface area contributed by atoms with Gasteiger partial charge >= 0.3 is 6.18 Å². The third kappa shape index (κ3) is 4.18. The van der Waals surface area contributed by atoms with Crippen molar-refractivity contribution < 1.29 is 13.2 Å². The Balaban J connectivity index is 2.73. The van der Waals surface area contributed by atoms with Crippen molar-refractivity contribution in [3.05, 3.63) is 23.9 Å². The molecule has 1 heterocycles. The minimum Gasteiger partial charge on any atom is -0.369 e. The second-order valence-corrected chi connectivity index (χ2v) is 4.13. The summed E-state index contributed by atoms with van der Waals surface area (Å²) >= 11 is 0. The molecule has 0 aliphatic carbocycles. The number of aromatic nitrogens is 1. The fraction of sp³-hybridized carbons (Fsp3) is 0.583. The number of rotatable bonds is 6. The van der Waals surface area contributed by atoms with Crippen LogP contribution in [0.4, 0.5) is 19.0 Å². The zero-order chi connectivity index (χ0) is 13.6. The maximum Gasteiger partial charge on any atom is 0.419 e. The van der Waals surface area contributed by atoms with Crippen LogP contribution in [0.1, 0.15) is 25.3 Å². The molecule has 1 rings (SSSR count). The van der Waals surface area contributed by atoms with Gasteiger partial charge in [0.15, 0.2) is 0 Å². The van der Waals surface area contributed by atoms with Crippen LogP contribution in [0.3, 0.4) is 0 Å². The molecule has 0 saturated carbocycles. The van der Waals surface area contributed by atoms with Gasteiger partial charge in [-0.1, -0.05) is 13.3 Å². The van der Waals surface area contributed by atoms with E-state index in [1.54, 1.807) is 0 Å². The molecule has 0 aromatic carbocycles. The first-order valence-corrected chi connectivity index (χ1v) is 5.95. The summed E-state index contributed by atoms with van der Waals surface area (Å²) in [7, 11) is 0. The second-order valence-electron chi connectivity index (χ2n) is 4.13. The van der Waals surface area contributed by atoms with Crippen molar-refractivity contribution in [2.75, 3.05) is 18.4 Å². The lowest BCUT2D eigenvalue weighted by Crippen LogP contribution is -2.20. The number of nitrogens with one attached hydrogen (secondary N) is 1. The molecule has 0 aliphatic heterocycles. The standard InChI is InChI=1S/C12H18F3N3/c1-2-9(5-6-16)8-18-11-10(12(13,14)15)4-3-7-17-11/h3-4,7,9H,2,5-6,8,16H2,1H3,(H,17,18). The molecule has 0 bridgehead atoms. The summed E-state index contributed by atoms with van der Waals surface area (Å²) < 4.78 is 38.1.